The Morgan fingerprint density at radius 2 is 1.80 bits per heavy atom. The molecule has 2 unspecified atom stereocenters. The van der Waals surface area contributed by atoms with Gasteiger partial charge in [0.15, 0.2) is 0 Å². The molecule has 2 nitrogen and oxygen atoms in total. The third-order valence-corrected chi connectivity index (χ3v) is 6.37. The number of nitrogens with zero attached hydrogens (tertiary/aromatic N) is 1. The number of hydrogen-bond acceptors (Lipinski definition) is 2. The summed E-state index contributed by atoms with van der Waals surface area (Å²) in [7, 11) is 0. The second-order valence-electron chi connectivity index (χ2n) is 8.19. The summed E-state index contributed by atoms with van der Waals surface area (Å²) in [6.45, 7) is 11.2. The molecule has 0 radical (unpaired) electrons. The van der Waals surface area contributed by atoms with Gasteiger partial charge in [0.05, 0.1) is 0 Å². The molecule has 0 amide bonds. The standard InChI is InChI=1S/C18H34N2/c1-4-17-11-19-18(3,16-9-10-16)13-20(17)12-15-7-5-14(2)6-8-15/h14-17,19H,4-13H2,1-3H3. The van der Waals surface area contributed by atoms with Gasteiger partial charge in [-0.2, -0.15) is 0 Å². The fourth-order valence-electron chi connectivity index (χ4n) is 4.54. The third kappa shape index (κ3) is 3.22. The largest absolute Gasteiger partial charge is 0.308 e. The summed E-state index contributed by atoms with van der Waals surface area (Å²) >= 11 is 0. The van der Waals surface area contributed by atoms with Crippen molar-refractivity contribution in [3.63, 3.8) is 0 Å². The van der Waals surface area contributed by atoms with E-state index in [4.69, 9.17) is 0 Å². The molecule has 0 bridgehead atoms. The van der Waals surface area contributed by atoms with Gasteiger partial charge in [0.2, 0.25) is 0 Å². The van der Waals surface area contributed by atoms with Crippen LogP contribution in [0, 0.1) is 17.8 Å². The van der Waals surface area contributed by atoms with Crippen molar-refractivity contribution in [3.05, 3.63) is 0 Å². The molecule has 1 heterocycles. The molecule has 3 aliphatic rings. The Labute approximate surface area is 125 Å². The highest BCUT2D eigenvalue weighted by Crippen LogP contribution is 2.42. The Bertz CT molecular complexity index is 317. The highest BCUT2D eigenvalue weighted by atomic mass is 15.3. The van der Waals surface area contributed by atoms with Gasteiger partial charge in [0.1, 0.15) is 0 Å². The molecule has 2 heteroatoms. The van der Waals surface area contributed by atoms with Crippen LogP contribution in [0.4, 0.5) is 0 Å². The van der Waals surface area contributed by atoms with Gasteiger partial charge in [0.25, 0.3) is 0 Å². The van der Waals surface area contributed by atoms with Crippen LogP contribution in [0.2, 0.25) is 0 Å². The molecular weight excluding hydrogens is 244 g/mol. The molecule has 1 N–H and O–H groups in total. The van der Waals surface area contributed by atoms with E-state index in [0.717, 1.165) is 23.8 Å². The summed E-state index contributed by atoms with van der Waals surface area (Å²) in [6.07, 6.45) is 10.1. The Balaban J connectivity index is 1.59. The van der Waals surface area contributed by atoms with Gasteiger partial charge in [-0.1, -0.05) is 26.7 Å². The maximum atomic E-state index is 3.89. The van der Waals surface area contributed by atoms with E-state index < -0.39 is 0 Å². The van der Waals surface area contributed by atoms with Gasteiger partial charge in [-0.05, 0) is 56.8 Å². The average Bonchev–Trinajstić information content (AvgIpc) is 3.27. The van der Waals surface area contributed by atoms with E-state index in [9.17, 15) is 0 Å². The van der Waals surface area contributed by atoms with E-state index in [-0.39, 0.29) is 0 Å². The lowest BCUT2D eigenvalue weighted by atomic mass is 9.81. The first-order valence-electron chi connectivity index (χ1n) is 9.10. The van der Waals surface area contributed by atoms with Crippen LogP contribution in [0.5, 0.6) is 0 Å². The van der Waals surface area contributed by atoms with E-state index in [1.165, 1.54) is 64.6 Å². The Kier molecular flexibility index (Phi) is 4.42. The van der Waals surface area contributed by atoms with Crippen LogP contribution in [0.1, 0.15) is 65.7 Å². The van der Waals surface area contributed by atoms with Gasteiger partial charge in [-0.15, -0.1) is 0 Å². The number of piperazine rings is 1. The monoisotopic (exact) mass is 278 g/mol. The molecule has 0 aromatic carbocycles. The molecule has 2 atom stereocenters. The van der Waals surface area contributed by atoms with Gasteiger partial charge < -0.3 is 5.32 Å². The summed E-state index contributed by atoms with van der Waals surface area (Å²) in [6, 6.07) is 0.779. The smallest absolute Gasteiger partial charge is 0.0309 e. The molecule has 1 aliphatic heterocycles. The fraction of sp³-hybridized carbons (Fsp3) is 1.00. The van der Waals surface area contributed by atoms with Crippen LogP contribution < -0.4 is 5.32 Å². The van der Waals surface area contributed by atoms with Crippen molar-refractivity contribution >= 4 is 0 Å². The molecule has 2 aliphatic carbocycles. The second kappa shape index (κ2) is 5.96. The zero-order valence-corrected chi connectivity index (χ0v) is 13.8. The van der Waals surface area contributed by atoms with Crippen LogP contribution >= 0.6 is 0 Å². The van der Waals surface area contributed by atoms with Gasteiger partial charge in [-0.3, -0.25) is 4.90 Å². The molecule has 3 rings (SSSR count). The highest BCUT2D eigenvalue weighted by molar-refractivity contribution is 5.04. The van der Waals surface area contributed by atoms with Gasteiger partial charge in [0, 0.05) is 31.2 Å². The topological polar surface area (TPSA) is 15.3 Å². The first kappa shape index (κ1) is 14.8. The molecule has 0 spiro atoms. The van der Waals surface area contributed by atoms with E-state index in [1.54, 1.807) is 0 Å². The summed E-state index contributed by atoms with van der Waals surface area (Å²) in [5.74, 6) is 2.91. The molecule has 116 valence electrons. The highest BCUT2D eigenvalue weighted by Gasteiger charge is 2.45. The van der Waals surface area contributed by atoms with Crippen molar-refractivity contribution in [2.24, 2.45) is 17.8 Å². The van der Waals surface area contributed by atoms with Crippen molar-refractivity contribution in [1.82, 2.24) is 10.2 Å². The van der Waals surface area contributed by atoms with Crippen LogP contribution in [-0.2, 0) is 0 Å². The summed E-state index contributed by atoms with van der Waals surface area (Å²) in [5, 5.41) is 3.89. The van der Waals surface area contributed by atoms with Gasteiger partial charge in [-0.25, -0.2) is 0 Å². The van der Waals surface area contributed by atoms with Crippen LogP contribution in [-0.4, -0.2) is 36.1 Å². The van der Waals surface area contributed by atoms with Crippen molar-refractivity contribution in [1.29, 1.82) is 0 Å². The molecule has 0 aromatic heterocycles. The van der Waals surface area contributed by atoms with Crippen LogP contribution in [0.3, 0.4) is 0 Å². The minimum atomic E-state index is 0.410. The lowest BCUT2D eigenvalue weighted by molar-refractivity contribution is 0.0512. The van der Waals surface area contributed by atoms with E-state index in [0.29, 0.717) is 5.54 Å². The summed E-state index contributed by atoms with van der Waals surface area (Å²) < 4.78 is 0. The maximum absolute atomic E-state index is 3.89. The number of hydrogen-bond donors (Lipinski definition) is 1. The molecule has 0 aromatic rings. The maximum Gasteiger partial charge on any atom is 0.0309 e. The lowest BCUT2D eigenvalue weighted by Crippen LogP contribution is -2.64. The molecule has 20 heavy (non-hydrogen) atoms. The number of rotatable bonds is 4. The first-order chi connectivity index (χ1) is 9.60. The molecule has 3 fully saturated rings. The average molecular weight is 278 g/mol. The van der Waals surface area contributed by atoms with Crippen molar-refractivity contribution in [2.75, 3.05) is 19.6 Å². The van der Waals surface area contributed by atoms with E-state index in [2.05, 4.69) is 31.0 Å². The van der Waals surface area contributed by atoms with Crippen LogP contribution in [0.25, 0.3) is 0 Å². The zero-order valence-electron chi connectivity index (χ0n) is 13.8. The minimum Gasteiger partial charge on any atom is -0.308 e. The minimum absolute atomic E-state index is 0.410. The van der Waals surface area contributed by atoms with Crippen molar-refractivity contribution in [2.45, 2.75) is 77.3 Å². The predicted molar refractivity (Wildman–Crippen MR) is 85.9 cm³/mol. The molecule has 2 saturated carbocycles. The van der Waals surface area contributed by atoms with E-state index in [1.807, 2.05) is 0 Å². The summed E-state index contributed by atoms with van der Waals surface area (Å²) in [5.41, 5.74) is 0.410. The normalized spacial score (nSPS) is 43.6. The van der Waals surface area contributed by atoms with E-state index >= 15 is 0 Å². The Morgan fingerprint density at radius 3 is 2.40 bits per heavy atom. The second-order valence-corrected chi connectivity index (χ2v) is 8.19. The van der Waals surface area contributed by atoms with Crippen LogP contribution in [0.15, 0.2) is 0 Å². The molecule has 1 saturated heterocycles. The zero-order chi connectivity index (χ0) is 14.2. The van der Waals surface area contributed by atoms with Crippen molar-refractivity contribution < 1.29 is 0 Å². The number of nitrogens with one attached hydrogen (secondary N) is 1. The first-order valence-corrected chi connectivity index (χ1v) is 9.10. The fourth-order valence-corrected chi connectivity index (χ4v) is 4.54. The SMILES string of the molecule is CCC1CNC(C)(C2CC2)CN1CC1CCC(C)CC1. The van der Waals surface area contributed by atoms with Gasteiger partial charge >= 0.3 is 0 Å². The Morgan fingerprint density at radius 1 is 1.10 bits per heavy atom. The molecular formula is C18H34N2. The summed E-state index contributed by atoms with van der Waals surface area (Å²) in [4.78, 5) is 2.86. The van der Waals surface area contributed by atoms with Crippen molar-refractivity contribution in [3.8, 4) is 0 Å². The predicted octanol–water partition coefficient (Wildman–Crippen LogP) is 3.67. The Hall–Kier alpha value is -0.0800. The lowest BCUT2D eigenvalue weighted by Gasteiger charge is -2.48. The third-order valence-electron chi connectivity index (χ3n) is 6.37. The quantitative estimate of drug-likeness (QED) is 0.844.